The highest BCUT2D eigenvalue weighted by Crippen LogP contribution is 2.27. The van der Waals surface area contributed by atoms with Gasteiger partial charge in [-0.1, -0.05) is 12.1 Å². The molecule has 0 spiro atoms. The summed E-state index contributed by atoms with van der Waals surface area (Å²) in [5, 5.41) is 13.9. The summed E-state index contributed by atoms with van der Waals surface area (Å²) in [5.74, 6) is 4.88. The van der Waals surface area contributed by atoms with E-state index in [-0.39, 0.29) is 23.1 Å². The molecule has 1 aromatic carbocycles. The van der Waals surface area contributed by atoms with Gasteiger partial charge in [0, 0.05) is 6.54 Å². The summed E-state index contributed by atoms with van der Waals surface area (Å²) >= 11 is 0. The number of aromatic nitrogens is 2. The van der Waals surface area contributed by atoms with Crippen LogP contribution in [0, 0.1) is 15.9 Å². The lowest BCUT2D eigenvalue weighted by Crippen LogP contribution is -2.14. The number of nitrogens with one attached hydrogen (secondary N) is 2. The lowest BCUT2D eigenvalue weighted by atomic mass is 10.1. The van der Waals surface area contributed by atoms with E-state index < -0.39 is 4.92 Å². The molecule has 0 bridgehead atoms. The molecule has 110 valence electrons. The number of hydrazine groups is 1. The zero-order chi connectivity index (χ0) is 15.2. The molecule has 0 radical (unpaired) electrons. The molecule has 4 N–H and O–H groups in total. The number of nitro groups is 1. The monoisotopic (exact) mass is 292 g/mol. The molecule has 0 aliphatic carbocycles. The second-order valence-electron chi connectivity index (χ2n) is 4.12. The quantitative estimate of drug-likeness (QED) is 0.419. The summed E-state index contributed by atoms with van der Waals surface area (Å²) in [6, 6.07) is 6.02. The Hall–Kier alpha value is -2.81. The fourth-order valence-electron chi connectivity index (χ4n) is 1.76. The van der Waals surface area contributed by atoms with E-state index in [2.05, 4.69) is 20.7 Å². The Morgan fingerprint density at radius 3 is 2.52 bits per heavy atom. The molecule has 0 aliphatic rings. The molecule has 0 amide bonds. The highest BCUT2D eigenvalue weighted by Gasteiger charge is 2.21. The predicted molar refractivity (Wildman–Crippen MR) is 75.1 cm³/mol. The van der Waals surface area contributed by atoms with Gasteiger partial charge in [0.05, 0.1) is 4.92 Å². The number of nitrogens with zero attached hydrogens (tertiary/aromatic N) is 3. The van der Waals surface area contributed by atoms with Crippen LogP contribution >= 0.6 is 0 Å². The highest BCUT2D eigenvalue weighted by molar-refractivity contribution is 5.68. The third-order valence-electron chi connectivity index (χ3n) is 2.76. The Morgan fingerprint density at radius 2 is 1.90 bits per heavy atom. The Bertz CT molecular complexity index is 634. The molecule has 21 heavy (non-hydrogen) atoms. The van der Waals surface area contributed by atoms with Crippen molar-refractivity contribution in [3.8, 4) is 0 Å². The number of nitrogen functional groups attached to an aromatic ring is 1. The molecule has 8 nitrogen and oxygen atoms in total. The van der Waals surface area contributed by atoms with Crippen molar-refractivity contribution in [3.05, 3.63) is 52.1 Å². The predicted octanol–water partition coefficient (Wildman–Crippen LogP) is 1.46. The molecule has 0 saturated carbocycles. The second-order valence-corrected chi connectivity index (χ2v) is 4.12. The number of anilines is 2. The average Bonchev–Trinajstić information content (AvgIpc) is 2.48. The number of hydrogen-bond donors (Lipinski definition) is 3. The van der Waals surface area contributed by atoms with Crippen LogP contribution in [0.4, 0.5) is 21.7 Å². The third-order valence-corrected chi connectivity index (χ3v) is 2.76. The van der Waals surface area contributed by atoms with Crippen molar-refractivity contribution in [1.82, 2.24) is 9.97 Å². The molecule has 1 aromatic heterocycles. The lowest BCUT2D eigenvalue weighted by Gasteiger charge is -2.08. The Morgan fingerprint density at radius 1 is 1.24 bits per heavy atom. The molecule has 0 atom stereocenters. The van der Waals surface area contributed by atoms with Gasteiger partial charge in [-0.05, 0) is 24.1 Å². The van der Waals surface area contributed by atoms with E-state index in [9.17, 15) is 14.5 Å². The lowest BCUT2D eigenvalue weighted by molar-refractivity contribution is -0.383. The van der Waals surface area contributed by atoms with Gasteiger partial charge >= 0.3 is 5.69 Å². The van der Waals surface area contributed by atoms with Crippen molar-refractivity contribution in [3.63, 3.8) is 0 Å². The summed E-state index contributed by atoms with van der Waals surface area (Å²) in [6.07, 6.45) is 1.73. The van der Waals surface area contributed by atoms with Gasteiger partial charge in [-0.2, -0.15) is 0 Å². The first kappa shape index (κ1) is 14.6. The molecule has 2 rings (SSSR count). The van der Waals surface area contributed by atoms with Gasteiger partial charge in [-0.25, -0.2) is 20.2 Å². The zero-order valence-corrected chi connectivity index (χ0v) is 10.9. The van der Waals surface area contributed by atoms with E-state index in [1.165, 1.54) is 18.5 Å². The van der Waals surface area contributed by atoms with Crippen LogP contribution in [0.1, 0.15) is 5.56 Å². The molecule has 9 heteroatoms. The number of benzene rings is 1. The largest absolute Gasteiger partial charge is 0.364 e. The van der Waals surface area contributed by atoms with Gasteiger partial charge in [0.1, 0.15) is 12.1 Å². The number of nitrogens with two attached hydrogens (primary N) is 1. The molecule has 0 aliphatic heterocycles. The maximum atomic E-state index is 12.8. The van der Waals surface area contributed by atoms with E-state index in [0.717, 1.165) is 5.56 Å². The van der Waals surface area contributed by atoms with Crippen molar-refractivity contribution < 1.29 is 9.31 Å². The van der Waals surface area contributed by atoms with Crippen molar-refractivity contribution in [1.29, 1.82) is 0 Å². The summed E-state index contributed by atoms with van der Waals surface area (Å²) in [5.41, 5.74) is 2.74. The van der Waals surface area contributed by atoms with Gasteiger partial charge in [0.2, 0.25) is 11.6 Å². The molecule has 0 saturated heterocycles. The van der Waals surface area contributed by atoms with Gasteiger partial charge in [0.25, 0.3) is 0 Å². The smallest absolute Gasteiger partial charge is 0.354 e. The van der Waals surface area contributed by atoms with Crippen molar-refractivity contribution in [2.75, 3.05) is 17.3 Å². The van der Waals surface area contributed by atoms with Crippen LogP contribution in [0.3, 0.4) is 0 Å². The van der Waals surface area contributed by atoms with Crippen molar-refractivity contribution >= 4 is 17.3 Å². The van der Waals surface area contributed by atoms with Crippen molar-refractivity contribution in [2.24, 2.45) is 5.84 Å². The van der Waals surface area contributed by atoms with Gasteiger partial charge in [-0.15, -0.1) is 0 Å². The first-order chi connectivity index (χ1) is 10.1. The van der Waals surface area contributed by atoms with E-state index in [0.29, 0.717) is 13.0 Å². The van der Waals surface area contributed by atoms with Crippen LogP contribution in [0.2, 0.25) is 0 Å². The van der Waals surface area contributed by atoms with Crippen LogP contribution < -0.4 is 16.6 Å². The van der Waals surface area contributed by atoms with Crippen LogP contribution in [0.25, 0.3) is 0 Å². The van der Waals surface area contributed by atoms with Crippen LogP contribution in [0.5, 0.6) is 0 Å². The Labute approximate surface area is 119 Å². The van der Waals surface area contributed by atoms with E-state index in [4.69, 9.17) is 5.84 Å². The standard InChI is InChI=1S/C12H13FN6O2/c13-9-3-1-8(2-4-9)5-6-15-11-10(19(20)21)12(18-14)17-7-16-11/h1-4,7H,5-6,14H2,(H2,15,16,17,18). The molecule has 0 fully saturated rings. The van der Waals surface area contributed by atoms with Gasteiger partial charge < -0.3 is 10.7 Å². The van der Waals surface area contributed by atoms with Crippen LogP contribution in [0.15, 0.2) is 30.6 Å². The number of rotatable bonds is 6. The van der Waals surface area contributed by atoms with Crippen molar-refractivity contribution in [2.45, 2.75) is 6.42 Å². The highest BCUT2D eigenvalue weighted by atomic mass is 19.1. The minimum Gasteiger partial charge on any atom is -0.364 e. The second kappa shape index (κ2) is 6.57. The minimum absolute atomic E-state index is 0.0701. The minimum atomic E-state index is -0.616. The molecule has 0 unspecified atom stereocenters. The zero-order valence-electron chi connectivity index (χ0n) is 10.9. The summed E-state index contributed by atoms with van der Waals surface area (Å²) in [7, 11) is 0. The summed E-state index contributed by atoms with van der Waals surface area (Å²) < 4.78 is 12.8. The fourth-order valence-corrected chi connectivity index (χ4v) is 1.76. The Kier molecular flexibility index (Phi) is 4.57. The molecule has 1 heterocycles. The molecular formula is C12H13FN6O2. The summed E-state index contributed by atoms with van der Waals surface area (Å²) in [6.45, 7) is 0.396. The maximum absolute atomic E-state index is 12.8. The molecule has 2 aromatic rings. The van der Waals surface area contributed by atoms with Crippen LogP contribution in [-0.4, -0.2) is 21.4 Å². The molecular weight excluding hydrogens is 279 g/mol. The normalized spacial score (nSPS) is 10.2. The fraction of sp³-hybridized carbons (Fsp3) is 0.167. The first-order valence-corrected chi connectivity index (χ1v) is 6.06. The number of halogens is 1. The SMILES string of the molecule is NNc1ncnc(NCCc2ccc(F)cc2)c1[N+](=O)[O-]. The number of hydrogen-bond acceptors (Lipinski definition) is 7. The van der Waals surface area contributed by atoms with Crippen LogP contribution in [-0.2, 0) is 6.42 Å². The summed E-state index contributed by atoms with van der Waals surface area (Å²) in [4.78, 5) is 17.9. The van der Waals surface area contributed by atoms with E-state index in [1.54, 1.807) is 12.1 Å². The van der Waals surface area contributed by atoms with Gasteiger partial charge in [-0.3, -0.25) is 10.1 Å². The van der Waals surface area contributed by atoms with E-state index in [1.807, 2.05) is 0 Å². The third kappa shape index (κ3) is 3.60. The maximum Gasteiger partial charge on any atom is 0.354 e. The van der Waals surface area contributed by atoms with E-state index >= 15 is 0 Å². The Balaban J connectivity index is 2.06. The topological polar surface area (TPSA) is 119 Å². The first-order valence-electron chi connectivity index (χ1n) is 6.06. The van der Waals surface area contributed by atoms with Gasteiger partial charge in [0.15, 0.2) is 0 Å². The average molecular weight is 292 g/mol.